The second-order valence-electron chi connectivity index (χ2n) is 2.09. The number of hydrogen-bond acceptors (Lipinski definition) is 1. The van der Waals surface area contributed by atoms with Crippen LogP contribution in [0, 0.1) is 7.05 Å². The van der Waals surface area contributed by atoms with Crippen LogP contribution in [0.1, 0.15) is 20.3 Å². The summed E-state index contributed by atoms with van der Waals surface area (Å²) in [5.74, 6) is -0.0452. The highest BCUT2D eigenvalue weighted by atomic mass is 16.1. The van der Waals surface area contributed by atoms with E-state index in [1.807, 2.05) is 19.9 Å². The lowest BCUT2D eigenvalue weighted by Gasteiger charge is -1.92. The molecule has 0 rings (SSSR count). The maximum absolute atomic E-state index is 10.5. The fraction of sp³-hybridized carbons (Fsp3) is 0.429. The zero-order valence-corrected chi connectivity index (χ0v) is 5.90. The smallest absolute Gasteiger partial charge is 0.223 e. The molecule has 0 atom stereocenters. The predicted molar refractivity (Wildman–Crippen MR) is 37.5 cm³/mol. The third kappa shape index (κ3) is 5.07. The third-order valence-electron chi connectivity index (χ3n) is 0.893. The first kappa shape index (κ1) is 8.21. The minimum Gasteiger partial charge on any atom is -0.354 e. The summed E-state index contributed by atoms with van der Waals surface area (Å²) in [7, 11) is 3.23. The quantitative estimate of drug-likeness (QED) is 0.554. The Morgan fingerprint density at radius 1 is 1.67 bits per heavy atom. The highest BCUT2D eigenvalue weighted by Gasteiger charge is 1.90. The largest absolute Gasteiger partial charge is 0.354 e. The number of amides is 1. The molecule has 0 saturated carbocycles. The minimum absolute atomic E-state index is 0.0452. The van der Waals surface area contributed by atoms with Crippen LogP contribution in [0.15, 0.2) is 11.6 Å². The zero-order chi connectivity index (χ0) is 7.28. The first-order valence-electron chi connectivity index (χ1n) is 2.86. The highest BCUT2D eigenvalue weighted by molar-refractivity contribution is 5.77. The van der Waals surface area contributed by atoms with Gasteiger partial charge in [0.25, 0.3) is 0 Å². The summed E-state index contributed by atoms with van der Waals surface area (Å²) in [6, 6.07) is 0. The monoisotopic (exact) mass is 126 g/mol. The van der Waals surface area contributed by atoms with Crippen molar-refractivity contribution in [3.8, 4) is 0 Å². The van der Waals surface area contributed by atoms with Gasteiger partial charge in [-0.1, -0.05) is 11.6 Å². The molecule has 0 aromatic rings. The van der Waals surface area contributed by atoms with Gasteiger partial charge in [-0.05, 0) is 13.8 Å². The summed E-state index contributed by atoms with van der Waals surface area (Å²) in [5, 5.41) is 2.29. The van der Waals surface area contributed by atoms with Gasteiger partial charge in [-0.25, -0.2) is 0 Å². The van der Waals surface area contributed by atoms with E-state index in [2.05, 4.69) is 12.4 Å². The Labute approximate surface area is 56.0 Å². The van der Waals surface area contributed by atoms with Gasteiger partial charge >= 0.3 is 0 Å². The van der Waals surface area contributed by atoms with Crippen LogP contribution < -0.4 is 5.32 Å². The van der Waals surface area contributed by atoms with E-state index < -0.39 is 0 Å². The van der Waals surface area contributed by atoms with E-state index in [0.29, 0.717) is 6.42 Å². The fourth-order valence-electron chi connectivity index (χ4n) is 0.369. The Morgan fingerprint density at radius 3 is 2.56 bits per heavy atom. The topological polar surface area (TPSA) is 29.1 Å². The van der Waals surface area contributed by atoms with Gasteiger partial charge in [-0.2, -0.15) is 0 Å². The lowest BCUT2D eigenvalue weighted by Crippen LogP contribution is -2.13. The third-order valence-corrected chi connectivity index (χ3v) is 0.893. The van der Waals surface area contributed by atoms with Gasteiger partial charge in [0.05, 0.1) is 0 Å². The van der Waals surface area contributed by atoms with Crippen molar-refractivity contribution in [2.75, 3.05) is 0 Å². The van der Waals surface area contributed by atoms with E-state index in [1.54, 1.807) is 0 Å². The first-order valence-corrected chi connectivity index (χ1v) is 2.86. The molecule has 0 heterocycles. The average Bonchev–Trinajstić information content (AvgIpc) is 1.83. The lowest BCUT2D eigenvalue weighted by molar-refractivity contribution is -0.119. The summed E-state index contributed by atoms with van der Waals surface area (Å²) in [6.07, 6.45) is 2.30. The SMILES string of the molecule is [CH2]NC(=O)CC=C(C)C. The molecule has 0 bridgehead atoms. The molecule has 1 N–H and O–H groups in total. The Balaban J connectivity index is 3.50. The van der Waals surface area contributed by atoms with Crippen LogP contribution in [0.3, 0.4) is 0 Å². The molecule has 0 unspecified atom stereocenters. The van der Waals surface area contributed by atoms with E-state index >= 15 is 0 Å². The van der Waals surface area contributed by atoms with Gasteiger partial charge in [-0.15, -0.1) is 0 Å². The van der Waals surface area contributed by atoms with Crippen molar-refractivity contribution >= 4 is 5.91 Å². The molecule has 1 amide bonds. The zero-order valence-electron chi connectivity index (χ0n) is 5.90. The fourth-order valence-corrected chi connectivity index (χ4v) is 0.369. The number of nitrogens with one attached hydrogen (secondary N) is 1. The summed E-state index contributed by atoms with van der Waals surface area (Å²) in [4.78, 5) is 10.5. The molecular formula is C7H12NO. The van der Waals surface area contributed by atoms with Crippen molar-refractivity contribution in [1.29, 1.82) is 0 Å². The maximum atomic E-state index is 10.5. The molecule has 0 aromatic carbocycles. The molecule has 2 heteroatoms. The predicted octanol–water partition coefficient (Wildman–Crippen LogP) is 1.25. The Morgan fingerprint density at radius 2 is 2.22 bits per heavy atom. The van der Waals surface area contributed by atoms with Crippen LogP contribution in [0.4, 0.5) is 0 Å². The van der Waals surface area contributed by atoms with Crippen molar-refractivity contribution in [2.45, 2.75) is 20.3 Å². The van der Waals surface area contributed by atoms with Crippen LogP contribution in [0.2, 0.25) is 0 Å². The molecular weight excluding hydrogens is 114 g/mol. The molecule has 51 valence electrons. The van der Waals surface area contributed by atoms with E-state index in [4.69, 9.17) is 0 Å². The Bertz CT molecular complexity index is 123. The number of allylic oxidation sites excluding steroid dienone is 1. The van der Waals surface area contributed by atoms with Crippen molar-refractivity contribution in [3.05, 3.63) is 18.7 Å². The van der Waals surface area contributed by atoms with Crippen LogP contribution in [-0.4, -0.2) is 5.91 Å². The highest BCUT2D eigenvalue weighted by Crippen LogP contribution is 1.91. The van der Waals surface area contributed by atoms with Crippen LogP contribution in [0.25, 0.3) is 0 Å². The van der Waals surface area contributed by atoms with Crippen LogP contribution in [-0.2, 0) is 4.79 Å². The van der Waals surface area contributed by atoms with Gasteiger partial charge in [0.15, 0.2) is 0 Å². The van der Waals surface area contributed by atoms with E-state index in [0.717, 1.165) is 5.57 Å². The molecule has 9 heavy (non-hydrogen) atoms. The molecule has 0 spiro atoms. The summed E-state index contributed by atoms with van der Waals surface area (Å²) in [6.45, 7) is 3.91. The van der Waals surface area contributed by atoms with Crippen molar-refractivity contribution < 1.29 is 4.79 Å². The molecule has 0 aliphatic heterocycles. The summed E-state index contributed by atoms with van der Waals surface area (Å²) >= 11 is 0. The maximum Gasteiger partial charge on any atom is 0.223 e. The van der Waals surface area contributed by atoms with Gasteiger partial charge < -0.3 is 5.32 Å². The second kappa shape index (κ2) is 4.13. The molecule has 0 aliphatic rings. The Hall–Kier alpha value is -0.790. The van der Waals surface area contributed by atoms with Crippen LogP contribution >= 0.6 is 0 Å². The normalized spacial score (nSPS) is 8.33. The van der Waals surface area contributed by atoms with Crippen LogP contribution in [0.5, 0.6) is 0 Å². The van der Waals surface area contributed by atoms with Crippen molar-refractivity contribution in [3.63, 3.8) is 0 Å². The first-order chi connectivity index (χ1) is 4.16. The standard InChI is InChI=1S/C7H12NO/c1-6(2)4-5-7(9)8-3/h4H,3,5H2,1-2H3,(H,8,9). The molecule has 0 fully saturated rings. The van der Waals surface area contributed by atoms with Crippen molar-refractivity contribution in [1.82, 2.24) is 5.32 Å². The van der Waals surface area contributed by atoms with E-state index in [1.165, 1.54) is 0 Å². The number of rotatable bonds is 2. The number of carbonyl (C=O) groups excluding carboxylic acids is 1. The van der Waals surface area contributed by atoms with Gasteiger partial charge in [0, 0.05) is 13.5 Å². The van der Waals surface area contributed by atoms with Gasteiger partial charge in [0.2, 0.25) is 5.91 Å². The lowest BCUT2D eigenvalue weighted by atomic mass is 10.2. The molecule has 2 nitrogen and oxygen atoms in total. The summed E-state index contributed by atoms with van der Waals surface area (Å²) in [5.41, 5.74) is 1.15. The van der Waals surface area contributed by atoms with E-state index in [9.17, 15) is 4.79 Å². The van der Waals surface area contributed by atoms with E-state index in [-0.39, 0.29) is 5.91 Å². The minimum atomic E-state index is -0.0452. The molecule has 0 aromatic heterocycles. The average molecular weight is 126 g/mol. The summed E-state index contributed by atoms with van der Waals surface area (Å²) < 4.78 is 0. The second-order valence-corrected chi connectivity index (χ2v) is 2.09. The van der Waals surface area contributed by atoms with Gasteiger partial charge in [-0.3, -0.25) is 4.79 Å². The molecule has 0 aliphatic carbocycles. The number of hydrogen-bond donors (Lipinski definition) is 1. The van der Waals surface area contributed by atoms with Gasteiger partial charge in [0.1, 0.15) is 0 Å². The molecule has 0 saturated heterocycles. The van der Waals surface area contributed by atoms with Crippen molar-refractivity contribution in [2.24, 2.45) is 0 Å². The molecule has 1 radical (unpaired) electrons. The Kier molecular flexibility index (Phi) is 3.76. The number of carbonyl (C=O) groups is 1.